The fourth-order valence-corrected chi connectivity index (χ4v) is 4.28. The standard InChI is InChI=1S/C21H20ClN5O3/c22-16-6-2-1-4-12(16)10-27-18-14(8-17(21(29)30)25-19(18)28)15(9-23)20(27)26-7-3-5-13(24)11-26/h1-2,4,6,8,13H,3,5,7,10-11,24H2,(H,25,28)(H,29,30)/t13-/m1/s1. The minimum atomic E-state index is -1.27. The first-order valence-corrected chi connectivity index (χ1v) is 9.95. The fourth-order valence-electron chi connectivity index (χ4n) is 4.08. The number of carbonyl (C=O) groups is 1. The van der Waals surface area contributed by atoms with Crippen LogP contribution in [0, 0.1) is 11.3 Å². The van der Waals surface area contributed by atoms with Crippen LogP contribution in [-0.2, 0) is 6.54 Å². The van der Waals surface area contributed by atoms with E-state index < -0.39 is 11.5 Å². The summed E-state index contributed by atoms with van der Waals surface area (Å²) in [5.41, 5.74) is 6.62. The van der Waals surface area contributed by atoms with Gasteiger partial charge in [-0.05, 0) is 30.5 Å². The van der Waals surface area contributed by atoms with Crippen molar-refractivity contribution in [1.29, 1.82) is 5.26 Å². The van der Waals surface area contributed by atoms with Crippen molar-refractivity contribution in [3.05, 3.63) is 62.5 Å². The number of fused-ring (bicyclic) bond motifs is 1. The minimum absolute atomic E-state index is 0.0510. The highest BCUT2D eigenvalue weighted by molar-refractivity contribution is 6.31. The molecule has 30 heavy (non-hydrogen) atoms. The van der Waals surface area contributed by atoms with Crippen LogP contribution in [-0.4, -0.2) is 39.8 Å². The lowest BCUT2D eigenvalue weighted by molar-refractivity contribution is 0.0690. The molecule has 1 aliphatic rings. The molecule has 0 aliphatic carbocycles. The summed E-state index contributed by atoms with van der Waals surface area (Å²) in [4.78, 5) is 28.8. The third-order valence-corrected chi connectivity index (χ3v) is 5.78. The van der Waals surface area contributed by atoms with E-state index in [2.05, 4.69) is 11.1 Å². The molecule has 8 nitrogen and oxygen atoms in total. The van der Waals surface area contributed by atoms with E-state index in [1.807, 2.05) is 23.1 Å². The van der Waals surface area contributed by atoms with Gasteiger partial charge in [-0.1, -0.05) is 29.8 Å². The summed E-state index contributed by atoms with van der Waals surface area (Å²) < 4.78 is 1.75. The second-order valence-electron chi connectivity index (χ2n) is 7.42. The Hall–Kier alpha value is -3.28. The number of anilines is 1. The number of nitrogens with zero attached hydrogens (tertiary/aromatic N) is 3. The number of hydrogen-bond donors (Lipinski definition) is 3. The Morgan fingerprint density at radius 3 is 2.83 bits per heavy atom. The van der Waals surface area contributed by atoms with Crippen molar-refractivity contribution >= 4 is 34.3 Å². The van der Waals surface area contributed by atoms with Gasteiger partial charge in [0.2, 0.25) is 0 Å². The first-order valence-electron chi connectivity index (χ1n) is 9.57. The van der Waals surface area contributed by atoms with Crippen molar-refractivity contribution in [2.45, 2.75) is 25.4 Å². The Morgan fingerprint density at radius 1 is 1.40 bits per heavy atom. The number of nitriles is 1. The Bertz CT molecular complexity index is 1240. The van der Waals surface area contributed by atoms with Gasteiger partial charge >= 0.3 is 5.97 Å². The Kier molecular flexibility index (Phi) is 5.24. The number of carboxylic acids is 1. The van der Waals surface area contributed by atoms with E-state index in [9.17, 15) is 20.0 Å². The number of pyridine rings is 1. The van der Waals surface area contributed by atoms with E-state index >= 15 is 0 Å². The fraction of sp³-hybridized carbons (Fsp3) is 0.286. The monoisotopic (exact) mass is 425 g/mol. The van der Waals surface area contributed by atoms with E-state index in [-0.39, 0.29) is 29.4 Å². The quantitative estimate of drug-likeness (QED) is 0.589. The first-order chi connectivity index (χ1) is 14.4. The van der Waals surface area contributed by atoms with Crippen LogP contribution in [0.5, 0.6) is 0 Å². The van der Waals surface area contributed by atoms with Crippen LogP contribution in [0.25, 0.3) is 10.9 Å². The average Bonchev–Trinajstić information content (AvgIpc) is 3.03. The molecule has 1 aliphatic heterocycles. The van der Waals surface area contributed by atoms with Gasteiger partial charge in [0.25, 0.3) is 5.56 Å². The smallest absolute Gasteiger partial charge is 0.352 e. The second kappa shape index (κ2) is 7.86. The number of H-pyrrole nitrogens is 1. The number of halogens is 1. The number of nitrogens with two attached hydrogens (primary N) is 1. The zero-order valence-electron chi connectivity index (χ0n) is 16.1. The number of aromatic amines is 1. The molecule has 0 radical (unpaired) electrons. The lowest BCUT2D eigenvalue weighted by Gasteiger charge is -2.33. The van der Waals surface area contributed by atoms with Gasteiger partial charge in [-0.15, -0.1) is 0 Å². The highest BCUT2D eigenvalue weighted by Gasteiger charge is 2.28. The molecule has 154 valence electrons. The molecule has 0 saturated carbocycles. The number of rotatable bonds is 4. The molecule has 0 spiro atoms. The van der Waals surface area contributed by atoms with Gasteiger partial charge in [-0.25, -0.2) is 4.79 Å². The summed E-state index contributed by atoms with van der Waals surface area (Å²) in [5.74, 6) is -0.700. The highest BCUT2D eigenvalue weighted by atomic mass is 35.5. The van der Waals surface area contributed by atoms with Crippen molar-refractivity contribution in [3.8, 4) is 6.07 Å². The zero-order valence-corrected chi connectivity index (χ0v) is 16.8. The maximum atomic E-state index is 12.9. The Morgan fingerprint density at radius 2 is 2.17 bits per heavy atom. The number of aromatic carboxylic acids is 1. The van der Waals surface area contributed by atoms with Gasteiger partial charge in [-0.2, -0.15) is 5.26 Å². The molecule has 1 atom stereocenters. The van der Waals surface area contributed by atoms with E-state index in [1.165, 1.54) is 6.07 Å². The number of carboxylic acid groups (broad SMARTS) is 1. The van der Waals surface area contributed by atoms with Crippen LogP contribution in [0.2, 0.25) is 5.02 Å². The number of benzene rings is 1. The number of aromatic nitrogens is 2. The molecule has 2 aromatic heterocycles. The molecule has 4 N–H and O–H groups in total. The zero-order chi connectivity index (χ0) is 21.4. The van der Waals surface area contributed by atoms with E-state index in [1.54, 1.807) is 10.6 Å². The largest absolute Gasteiger partial charge is 0.477 e. The maximum Gasteiger partial charge on any atom is 0.352 e. The van der Waals surface area contributed by atoms with Gasteiger partial charge in [0.05, 0.1) is 6.54 Å². The average molecular weight is 426 g/mol. The van der Waals surface area contributed by atoms with Crippen molar-refractivity contribution < 1.29 is 9.90 Å². The predicted octanol–water partition coefficient (Wildman–Crippen LogP) is 2.53. The van der Waals surface area contributed by atoms with Gasteiger partial charge in [-0.3, -0.25) is 4.79 Å². The lowest BCUT2D eigenvalue weighted by atomic mass is 10.1. The van der Waals surface area contributed by atoms with Crippen LogP contribution < -0.4 is 16.2 Å². The number of hydrogen-bond acceptors (Lipinski definition) is 5. The van der Waals surface area contributed by atoms with Crippen LogP contribution in [0.4, 0.5) is 5.82 Å². The normalized spacial score (nSPS) is 16.6. The molecule has 1 fully saturated rings. The van der Waals surface area contributed by atoms with E-state index in [0.29, 0.717) is 29.3 Å². The molecule has 3 heterocycles. The van der Waals surface area contributed by atoms with E-state index in [4.69, 9.17) is 17.3 Å². The Labute approximate surface area is 177 Å². The van der Waals surface area contributed by atoms with Gasteiger partial charge in [0.15, 0.2) is 0 Å². The third kappa shape index (κ3) is 3.43. The van der Waals surface area contributed by atoms with Crippen LogP contribution in [0.15, 0.2) is 35.1 Å². The number of piperidine rings is 1. The van der Waals surface area contributed by atoms with Crippen LogP contribution >= 0.6 is 11.6 Å². The molecule has 9 heteroatoms. The van der Waals surface area contributed by atoms with Crippen molar-refractivity contribution in [3.63, 3.8) is 0 Å². The molecule has 3 aromatic rings. The second-order valence-corrected chi connectivity index (χ2v) is 7.82. The topological polar surface area (TPSA) is 128 Å². The maximum absolute atomic E-state index is 12.9. The molecular formula is C21H20ClN5O3. The summed E-state index contributed by atoms with van der Waals surface area (Å²) in [6.07, 6.45) is 1.74. The summed E-state index contributed by atoms with van der Waals surface area (Å²) in [5, 5.41) is 20.2. The molecule has 0 bridgehead atoms. The summed E-state index contributed by atoms with van der Waals surface area (Å²) in [7, 11) is 0. The Balaban J connectivity index is 2.02. The van der Waals surface area contributed by atoms with Crippen molar-refractivity contribution in [1.82, 2.24) is 9.55 Å². The molecule has 1 saturated heterocycles. The van der Waals surface area contributed by atoms with Gasteiger partial charge in [0, 0.05) is 29.5 Å². The molecule has 4 rings (SSSR count). The molecule has 1 aromatic carbocycles. The molecule has 0 amide bonds. The van der Waals surface area contributed by atoms with E-state index in [0.717, 1.165) is 18.4 Å². The summed E-state index contributed by atoms with van der Waals surface area (Å²) in [6.45, 7) is 1.48. The first kappa shape index (κ1) is 20.0. The van der Waals surface area contributed by atoms with Gasteiger partial charge in [0.1, 0.15) is 28.7 Å². The highest BCUT2D eigenvalue weighted by Crippen LogP contribution is 2.34. The SMILES string of the molecule is N#Cc1c(N2CCC[C@@H](N)C2)n(Cc2ccccc2Cl)c2c(=O)[nH]c(C(=O)O)cc12. The molecular weight excluding hydrogens is 406 g/mol. The third-order valence-electron chi connectivity index (χ3n) is 5.41. The predicted molar refractivity (Wildman–Crippen MR) is 114 cm³/mol. The van der Waals surface area contributed by atoms with Crippen LogP contribution in [0.1, 0.15) is 34.5 Å². The molecule has 0 unspecified atom stereocenters. The lowest BCUT2D eigenvalue weighted by Crippen LogP contribution is -2.44. The minimum Gasteiger partial charge on any atom is -0.477 e. The number of nitrogens with one attached hydrogen (secondary N) is 1. The summed E-state index contributed by atoms with van der Waals surface area (Å²) in [6, 6.07) is 10.8. The van der Waals surface area contributed by atoms with Crippen LogP contribution in [0.3, 0.4) is 0 Å². The summed E-state index contributed by atoms with van der Waals surface area (Å²) >= 11 is 6.36. The van der Waals surface area contributed by atoms with Crippen molar-refractivity contribution in [2.24, 2.45) is 5.73 Å². The van der Waals surface area contributed by atoms with Gasteiger partial charge < -0.3 is 25.3 Å². The van der Waals surface area contributed by atoms with Crippen molar-refractivity contribution in [2.75, 3.05) is 18.0 Å².